The molecule has 0 heterocycles. The van der Waals surface area contributed by atoms with E-state index in [1.54, 1.807) is 0 Å². The Morgan fingerprint density at radius 3 is 2.10 bits per heavy atom. The third-order valence-corrected chi connectivity index (χ3v) is 3.01. The largest absolute Gasteiger partial charge is 0.480 e. The summed E-state index contributed by atoms with van der Waals surface area (Å²) in [4.78, 5) is 23.0. The van der Waals surface area contributed by atoms with Gasteiger partial charge in [-0.15, -0.1) is 0 Å². The second kappa shape index (κ2) is 6.77. The molecule has 0 unspecified atom stereocenters. The van der Waals surface area contributed by atoms with E-state index in [9.17, 15) is 31.2 Å². The number of sulfone groups is 1. The highest BCUT2D eigenvalue weighted by Crippen LogP contribution is 2.17. The number of halogens is 3. The minimum atomic E-state index is -4.75. The maximum Gasteiger partial charge on any atom is 0.406 e. The Labute approximate surface area is 113 Å². The summed E-state index contributed by atoms with van der Waals surface area (Å²) in [6, 6.07) is -1.20. The molecule has 0 saturated carbocycles. The van der Waals surface area contributed by atoms with Crippen LogP contribution in [0.25, 0.3) is 0 Å². The van der Waals surface area contributed by atoms with Crippen molar-refractivity contribution in [3.8, 4) is 0 Å². The van der Waals surface area contributed by atoms with Crippen LogP contribution in [-0.4, -0.2) is 80.2 Å². The van der Waals surface area contributed by atoms with E-state index in [4.69, 9.17) is 5.11 Å². The molecule has 0 fully saturated rings. The normalized spacial score (nSPS) is 12.1. The fraction of sp³-hybridized carbons (Fsp3) is 0.778. The molecular formula is C9H15F3N2O5S. The Hall–Kier alpha value is -1.52. The zero-order valence-corrected chi connectivity index (χ0v) is 11.7. The number of carboxylic acids is 1. The molecule has 0 rings (SSSR count). The molecule has 0 aliphatic heterocycles. The summed E-state index contributed by atoms with van der Waals surface area (Å²) in [5.74, 6) is -2.03. The van der Waals surface area contributed by atoms with Crippen LogP contribution in [0, 0.1) is 0 Å². The predicted octanol–water partition coefficient (Wildman–Crippen LogP) is 0.0317. The zero-order valence-electron chi connectivity index (χ0n) is 10.8. The lowest BCUT2D eigenvalue weighted by Gasteiger charge is -2.27. The van der Waals surface area contributed by atoms with Gasteiger partial charge in [-0.1, -0.05) is 0 Å². The van der Waals surface area contributed by atoms with Crippen LogP contribution in [0.5, 0.6) is 0 Å². The van der Waals surface area contributed by atoms with E-state index in [0.29, 0.717) is 0 Å². The number of aliphatic carboxylic acids is 1. The van der Waals surface area contributed by atoms with Crippen LogP contribution in [-0.2, 0) is 14.6 Å². The second-order valence-corrected chi connectivity index (χ2v) is 6.46. The SMILES string of the molecule is CN(CCS(C)(=O)=O)C(=O)N(CC(=O)O)CC(F)(F)F. The van der Waals surface area contributed by atoms with E-state index < -0.39 is 46.9 Å². The Morgan fingerprint density at radius 1 is 1.25 bits per heavy atom. The van der Waals surface area contributed by atoms with Crippen LogP contribution in [0.15, 0.2) is 0 Å². The summed E-state index contributed by atoms with van der Waals surface area (Å²) in [5, 5.41) is 8.49. The van der Waals surface area contributed by atoms with Gasteiger partial charge in [-0.25, -0.2) is 13.2 Å². The number of urea groups is 1. The number of hydrogen-bond donors (Lipinski definition) is 1. The van der Waals surface area contributed by atoms with Gasteiger partial charge in [-0.2, -0.15) is 13.2 Å². The first-order valence-electron chi connectivity index (χ1n) is 5.28. The average molecular weight is 320 g/mol. The van der Waals surface area contributed by atoms with Gasteiger partial charge in [0, 0.05) is 19.8 Å². The predicted molar refractivity (Wildman–Crippen MR) is 63.0 cm³/mol. The van der Waals surface area contributed by atoms with Crippen molar-refractivity contribution in [1.29, 1.82) is 0 Å². The lowest BCUT2D eigenvalue weighted by molar-refractivity contribution is -0.149. The highest BCUT2D eigenvalue weighted by Gasteiger charge is 2.35. The van der Waals surface area contributed by atoms with Crippen LogP contribution < -0.4 is 0 Å². The number of rotatable bonds is 6. The molecule has 7 nitrogen and oxygen atoms in total. The van der Waals surface area contributed by atoms with Crippen molar-refractivity contribution in [1.82, 2.24) is 9.80 Å². The van der Waals surface area contributed by atoms with Crippen molar-refractivity contribution >= 4 is 21.8 Å². The first-order valence-corrected chi connectivity index (χ1v) is 7.34. The Morgan fingerprint density at radius 2 is 1.75 bits per heavy atom. The maximum absolute atomic E-state index is 12.3. The molecule has 0 spiro atoms. The molecule has 0 aromatic heterocycles. The summed E-state index contributed by atoms with van der Waals surface area (Å²) < 4.78 is 58.6. The third-order valence-electron chi connectivity index (χ3n) is 2.09. The molecule has 0 aromatic carbocycles. The number of amides is 2. The Kier molecular flexibility index (Phi) is 6.26. The first-order chi connectivity index (χ1) is 8.82. The lowest BCUT2D eigenvalue weighted by Crippen LogP contribution is -2.48. The Bertz CT molecular complexity index is 463. The standard InChI is InChI=1S/C9H15F3N2O5S/c1-13(3-4-20(2,18)19)8(17)14(5-7(15)16)6-9(10,11)12/h3-6H2,1-2H3,(H,15,16). The van der Waals surface area contributed by atoms with Crippen LogP contribution >= 0.6 is 0 Å². The molecule has 0 aliphatic rings. The van der Waals surface area contributed by atoms with Crippen molar-refractivity contribution < 1.29 is 36.3 Å². The van der Waals surface area contributed by atoms with E-state index in [1.807, 2.05) is 0 Å². The maximum atomic E-state index is 12.3. The molecule has 0 aliphatic carbocycles. The molecule has 20 heavy (non-hydrogen) atoms. The molecule has 1 N–H and O–H groups in total. The number of carboxylic acid groups (broad SMARTS) is 1. The topological polar surface area (TPSA) is 95.0 Å². The number of alkyl halides is 3. The molecule has 0 atom stereocenters. The first kappa shape index (κ1) is 18.5. The van der Waals surface area contributed by atoms with Gasteiger partial charge in [0.1, 0.15) is 22.9 Å². The lowest BCUT2D eigenvalue weighted by atomic mass is 10.4. The summed E-state index contributed by atoms with van der Waals surface area (Å²) in [5.41, 5.74) is 0. The number of carbonyl (C=O) groups excluding carboxylic acids is 1. The van der Waals surface area contributed by atoms with E-state index in [0.717, 1.165) is 18.2 Å². The summed E-state index contributed by atoms with van der Waals surface area (Å²) in [6.45, 7) is -3.17. The average Bonchev–Trinajstić information content (AvgIpc) is 2.20. The van der Waals surface area contributed by atoms with Gasteiger partial charge in [-0.05, 0) is 0 Å². The molecule has 118 valence electrons. The zero-order chi connectivity index (χ0) is 16.1. The van der Waals surface area contributed by atoms with Gasteiger partial charge in [0.2, 0.25) is 0 Å². The molecule has 0 saturated heterocycles. The van der Waals surface area contributed by atoms with Gasteiger partial charge < -0.3 is 14.9 Å². The molecule has 0 bridgehead atoms. The van der Waals surface area contributed by atoms with Crippen molar-refractivity contribution in [2.75, 3.05) is 38.7 Å². The van der Waals surface area contributed by atoms with Gasteiger partial charge >= 0.3 is 18.2 Å². The fourth-order valence-corrected chi connectivity index (χ4v) is 1.82. The van der Waals surface area contributed by atoms with Crippen molar-refractivity contribution in [2.24, 2.45) is 0 Å². The van der Waals surface area contributed by atoms with Gasteiger partial charge in [0.15, 0.2) is 0 Å². The summed E-state index contributed by atoms with van der Waals surface area (Å²) >= 11 is 0. The quantitative estimate of drug-likeness (QED) is 0.745. The van der Waals surface area contributed by atoms with Crippen LogP contribution in [0.2, 0.25) is 0 Å². The number of hydrogen-bond acceptors (Lipinski definition) is 4. The minimum absolute atomic E-state index is 0.0879. The molecular weight excluding hydrogens is 305 g/mol. The third kappa shape index (κ3) is 8.56. The molecule has 11 heteroatoms. The second-order valence-electron chi connectivity index (χ2n) is 4.20. The summed E-state index contributed by atoms with van der Waals surface area (Å²) in [6.07, 6.45) is -3.83. The van der Waals surface area contributed by atoms with E-state index in [2.05, 4.69) is 0 Å². The molecule has 0 radical (unpaired) electrons. The van der Waals surface area contributed by atoms with Crippen molar-refractivity contribution in [3.05, 3.63) is 0 Å². The van der Waals surface area contributed by atoms with Crippen molar-refractivity contribution in [2.45, 2.75) is 6.18 Å². The Balaban J connectivity index is 4.80. The van der Waals surface area contributed by atoms with Gasteiger partial charge in [-0.3, -0.25) is 4.79 Å². The van der Waals surface area contributed by atoms with Gasteiger partial charge in [0.25, 0.3) is 0 Å². The van der Waals surface area contributed by atoms with Crippen LogP contribution in [0.4, 0.5) is 18.0 Å². The highest BCUT2D eigenvalue weighted by atomic mass is 32.2. The number of carbonyl (C=O) groups is 2. The minimum Gasteiger partial charge on any atom is -0.480 e. The van der Waals surface area contributed by atoms with E-state index in [1.165, 1.54) is 0 Å². The van der Waals surface area contributed by atoms with E-state index >= 15 is 0 Å². The van der Waals surface area contributed by atoms with Crippen LogP contribution in [0.3, 0.4) is 0 Å². The van der Waals surface area contributed by atoms with E-state index in [-0.39, 0.29) is 11.4 Å². The molecule has 0 aromatic rings. The molecule has 2 amide bonds. The smallest absolute Gasteiger partial charge is 0.406 e. The monoisotopic (exact) mass is 320 g/mol. The van der Waals surface area contributed by atoms with Gasteiger partial charge in [0.05, 0.1) is 5.75 Å². The summed E-state index contributed by atoms with van der Waals surface area (Å²) in [7, 11) is -2.29. The fourth-order valence-electron chi connectivity index (χ4n) is 1.21. The van der Waals surface area contributed by atoms with Crippen molar-refractivity contribution in [3.63, 3.8) is 0 Å². The highest BCUT2D eigenvalue weighted by molar-refractivity contribution is 7.90. The number of nitrogens with zero attached hydrogens (tertiary/aromatic N) is 2. The van der Waals surface area contributed by atoms with Crippen LogP contribution in [0.1, 0.15) is 0 Å².